The summed E-state index contributed by atoms with van der Waals surface area (Å²) in [4.78, 5) is 4.08. The molecule has 0 bridgehead atoms. The van der Waals surface area contributed by atoms with Gasteiger partial charge in [0, 0.05) is 24.4 Å². The van der Waals surface area contributed by atoms with Crippen molar-refractivity contribution in [1.29, 1.82) is 0 Å². The van der Waals surface area contributed by atoms with E-state index in [1.807, 2.05) is 28.7 Å². The van der Waals surface area contributed by atoms with E-state index in [1.54, 1.807) is 12.5 Å². The van der Waals surface area contributed by atoms with Gasteiger partial charge >= 0.3 is 0 Å². The number of fused-ring (bicyclic) bond motifs is 1. The Kier molecular flexibility index (Phi) is 2.64. The highest BCUT2D eigenvalue weighted by Crippen LogP contribution is 2.10. The lowest BCUT2D eigenvalue weighted by molar-refractivity contribution is 0.832. The largest absolute Gasteiger partial charge is 0.399 e. The van der Waals surface area contributed by atoms with E-state index in [1.165, 1.54) is 5.56 Å². The SMILES string of the molecule is Nc1cccc(CCc2nnc3ccncn23)c1. The molecule has 3 aromatic rings. The van der Waals surface area contributed by atoms with Gasteiger partial charge in [0.15, 0.2) is 5.65 Å². The van der Waals surface area contributed by atoms with E-state index >= 15 is 0 Å². The van der Waals surface area contributed by atoms with Gasteiger partial charge in [-0.3, -0.25) is 4.40 Å². The molecule has 5 nitrogen and oxygen atoms in total. The lowest BCUT2D eigenvalue weighted by Gasteiger charge is -2.01. The molecule has 0 atom stereocenters. The minimum absolute atomic E-state index is 0.792. The van der Waals surface area contributed by atoms with Crippen LogP contribution in [0.5, 0.6) is 0 Å². The van der Waals surface area contributed by atoms with E-state index in [-0.39, 0.29) is 0 Å². The first-order valence-corrected chi connectivity index (χ1v) is 5.81. The summed E-state index contributed by atoms with van der Waals surface area (Å²) in [5.74, 6) is 0.917. The van der Waals surface area contributed by atoms with Gasteiger partial charge in [0.05, 0.1) is 0 Å². The van der Waals surface area contributed by atoms with E-state index < -0.39 is 0 Å². The molecule has 0 saturated heterocycles. The smallest absolute Gasteiger partial charge is 0.163 e. The summed E-state index contributed by atoms with van der Waals surface area (Å²) in [6.07, 6.45) is 5.16. The maximum absolute atomic E-state index is 5.75. The Balaban J connectivity index is 1.81. The number of aromatic nitrogens is 4. The fourth-order valence-corrected chi connectivity index (χ4v) is 1.97. The topological polar surface area (TPSA) is 69.1 Å². The minimum atomic E-state index is 0.792. The van der Waals surface area contributed by atoms with Crippen molar-refractivity contribution < 1.29 is 0 Å². The Bertz CT molecular complexity index is 674. The zero-order chi connectivity index (χ0) is 12.4. The van der Waals surface area contributed by atoms with E-state index in [9.17, 15) is 0 Å². The molecule has 0 aliphatic carbocycles. The van der Waals surface area contributed by atoms with Crippen molar-refractivity contribution in [2.24, 2.45) is 0 Å². The van der Waals surface area contributed by atoms with Crippen molar-refractivity contribution in [2.45, 2.75) is 12.8 Å². The van der Waals surface area contributed by atoms with E-state index in [2.05, 4.69) is 21.2 Å². The summed E-state index contributed by atoms with van der Waals surface area (Å²) in [6.45, 7) is 0. The fraction of sp³-hybridized carbons (Fsp3) is 0.154. The molecule has 0 saturated carbocycles. The summed E-state index contributed by atoms with van der Waals surface area (Å²) in [5, 5.41) is 8.27. The van der Waals surface area contributed by atoms with Gasteiger partial charge < -0.3 is 5.73 Å². The van der Waals surface area contributed by atoms with Gasteiger partial charge in [-0.1, -0.05) is 12.1 Å². The van der Waals surface area contributed by atoms with Crippen molar-refractivity contribution in [3.8, 4) is 0 Å². The van der Waals surface area contributed by atoms with Crippen LogP contribution in [0.3, 0.4) is 0 Å². The molecular weight excluding hydrogens is 226 g/mol. The second-order valence-corrected chi connectivity index (χ2v) is 4.17. The Morgan fingerprint density at radius 1 is 1.11 bits per heavy atom. The van der Waals surface area contributed by atoms with Crippen molar-refractivity contribution in [3.63, 3.8) is 0 Å². The molecule has 90 valence electrons. The lowest BCUT2D eigenvalue weighted by Crippen LogP contribution is -1.99. The number of nitrogens with zero attached hydrogens (tertiary/aromatic N) is 4. The molecule has 0 aliphatic rings. The predicted octanol–water partition coefficient (Wildman–Crippen LogP) is 1.49. The number of aryl methyl sites for hydroxylation is 2. The Labute approximate surface area is 104 Å². The Morgan fingerprint density at radius 2 is 2.06 bits per heavy atom. The van der Waals surface area contributed by atoms with Crippen LogP contribution in [0.1, 0.15) is 11.4 Å². The number of anilines is 1. The summed E-state index contributed by atoms with van der Waals surface area (Å²) < 4.78 is 1.91. The quantitative estimate of drug-likeness (QED) is 0.703. The highest BCUT2D eigenvalue weighted by Gasteiger charge is 2.05. The second-order valence-electron chi connectivity index (χ2n) is 4.17. The van der Waals surface area contributed by atoms with Crippen LogP contribution in [-0.2, 0) is 12.8 Å². The van der Waals surface area contributed by atoms with Crippen LogP contribution in [0.2, 0.25) is 0 Å². The molecular formula is C13H13N5. The molecule has 2 N–H and O–H groups in total. The molecule has 2 aromatic heterocycles. The maximum Gasteiger partial charge on any atom is 0.163 e. The summed E-state index contributed by atoms with van der Waals surface area (Å²) in [5.41, 5.74) is 8.58. The molecule has 18 heavy (non-hydrogen) atoms. The second kappa shape index (κ2) is 4.44. The number of nitrogens with two attached hydrogens (primary N) is 1. The van der Waals surface area contributed by atoms with Crippen LogP contribution in [0.15, 0.2) is 42.9 Å². The van der Waals surface area contributed by atoms with Gasteiger partial charge in [-0.2, -0.15) is 0 Å². The average Bonchev–Trinajstić information content (AvgIpc) is 2.80. The third kappa shape index (κ3) is 2.02. The lowest BCUT2D eigenvalue weighted by atomic mass is 10.1. The zero-order valence-electron chi connectivity index (χ0n) is 9.82. The number of hydrogen-bond acceptors (Lipinski definition) is 4. The third-order valence-corrected chi connectivity index (χ3v) is 2.87. The highest BCUT2D eigenvalue weighted by atomic mass is 15.3. The first-order chi connectivity index (χ1) is 8.83. The number of hydrogen-bond donors (Lipinski definition) is 1. The average molecular weight is 239 g/mol. The Hall–Kier alpha value is -2.43. The van der Waals surface area contributed by atoms with Gasteiger partial charge in [-0.15, -0.1) is 10.2 Å². The normalized spacial score (nSPS) is 10.9. The fourth-order valence-electron chi connectivity index (χ4n) is 1.97. The molecule has 1 aromatic carbocycles. The summed E-state index contributed by atoms with van der Waals surface area (Å²) >= 11 is 0. The molecule has 0 radical (unpaired) electrons. The Morgan fingerprint density at radius 3 is 2.94 bits per heavy atom. The van der Waals surface area contributed by atoms with Crippen LogP contribution in [-0.4, -0.2) is 19.6 Å². The maximum atomic E-state index is 5.75. The van der Waals surface area contributed by atoms with Crippen LogP contribution in [0.25, 0.3) is 5.65 Å². The van der Waals surface area contributed by atoms with Gasteiger partial charge in [0.2, 0.25) is 0 Å². The molecule has 5 heteroatoms. The molecule has 3 rings (SSSR count). The predicted molar refractivity (Wildman–Crippen MR) is 69.0 cm³/mol. The molecule has 0 unspecified atom stereocenters. The molecule has 0 spiro atoms. The van der Waals surface area contributed by atoms with Crippen LogP contribution in [0.4, 0.5) is 5.69 Å². The van der Waals surface area contributed by atoms with Crippen LogP contribution >= 0.6 is 0 Å². The number of benzene rings is 1. The van der Waals surface area contributed by atoms with E-state index in [4.69, 9.17) is 5.73 Å². The summed E-state index contributed by atoms with van der Waals surface area (Å²) in [7, 11) is 0. The van der Waals surface area contributed by atoms with Gasteiger partial charge in [-0.25, -0.2) is 4.98 Å². The highest BCUT2D eigenvalue weighted by molar-refractivity contribution is 5.41. The molecule has 2 heterocycles. The minimum Gasteiger partial charge on any atom is -0.399 e. The molecule has 0 amide bonds. The monoisotopic (exact) mass is 239 g/mol. The zero-order valence-corrected chi connectivity index (χ0v) is 9.82. The number of nitrogen functional groups attached to an aromatic ring is 1. The van der Waals surface area contributed by atoms with Crippen LogP contribution < -0.4 is 5.73 Å². The molecule has 0 fully saturated rings. The first-order valence-electron chi connectivity index (χ1n) is 5.81. The standard InChI is InChI=1S/C13H13N5/c14-11-3-1-2-10(8-11)4-5-12-16-17-13-6-7-15-9-18(12)13/h1-3,6-9H,4-5,14H2. The summed E-state index contributed by atoms with van der Waals surface area (Å²) in [6, 6.07) is 9.75. The number of rotatable bonds is 3. The first kappa shape index (κ1) is 10.7. The van der Waals surface area contributed by atoms with Crippen molar-refractivity contribution in [3.05, 3.63) is 54.2 Å². The van der Waals surface area contributed by atoms with Gasteiger partial charge in [0.1, 0.15) is 12.2 Å². The van der Waals surface area contributed by atoms with Crippen LogP contribution in [0, 0.1) is 0 Å². The van der Waals surface area contributed by atoms with Gasteiger partial charge in [0.25, 0.3) is 0 Å². The van der Waals surface area contributed by atoms with E-state index in [0.717, 1.165) is 30.0 Å². The third-order valence-electron chi connectivity index (χ3n) is 2.87. The van der Waals surface area contributed by atoms with Crippen molar-refractivity contribution in [1.82, 2.24) is 19.6 Å². The van der Waals surface area contributed by atoms with E-state index in [0.29, 0.717) is 0 Å². The van der Waals surface area contributed by atoms with Gasteiger partial charge in [-0.05, 0) is 24.1 Å². The van der Waals surface area contributed by atoms with Crippen molar-refractivity contribution >= 4 is 11.3 Å². The molecule has 0 aliphatic heterocycles. The van der Waals surface area contributed by atoms with Crippen molar-refractivity contribution in [2.75, 3.05) is 5.73 Å².